The quantitative estimate of drug-likeness (QED) is 0.299. The van der Waals surface area contributed by atoms with Gasteiger partial charge in [0.2, 0.25) is 0 Å². The maximum Gasteiger partial charge on any atom is 0.385 e. The summed E-state index contributed by atoms with van der Waals surface area (Å²) in [4.78, 5) is 0. The van der Waals surface area contributed by atoms with Crippen molar-refractivity contribution in [2.45, 2.75) is 67.4 Å². The zero-order chi connectivity index (χ0) is 24.1. The molecule has 0 spiro atoms. The Balaban J connectivity index is 6.60. The fraction of sp³-hybridized carbons (Fsp3) is 0.917. The van der Waals surface area contributed by atoms with Crippen molar-refractivity contribution in [2.24, 2.45) is 0 Å². The zero-order valence-corrected chi connectivity index (χ0v) is 13.4. The Kier molecular flexibility index (Phi) is 7.19. The van der Waals surface area contributed by atoms with Crippen LogP contribution in [0.25, 0.3) is 0 Å². The summed E-state index contributed by atoms with van der Waals surface area (Å²) >= 11 is 0. The third kappa shape index (κ3) is 3.59. The molecule has 0 heterocycles. The molecular formula is C12H8F17. The smallest absolute Gasteiger partial charge is 0.241 e. The van der Waals surface area contributed by atoms with E-state index in [-0.39, 0.29) is 0 Å². The minimum absolute atomic E-state index is 0.798. The third-order valence-electron chi connectivity index (χ3n) is 3.56. The molecule has 1 unspecified atom stereocenters. The molecule has 0 saturated carbocycles. The lowest BCUT2D eigenvalue weighted by Gasteiger charge is -2.42. The predicted octanol–water partition coefficient (Wildman–Crippen LogP) is 7.00. The Morgan fingerprint density at radius 3 is 1.21 bits per heavy atom. The van der Waals surface area contributed by atoms with E-state index in [1.54, 1.807) is 0 Å². The molecule has 0 aliphatic carbocycles. The van der Waals surface area contributed by atoms with E-state index in [2.05, 4.69) is 0 Å². The fourth-order valence-corrected chi connectivity index (χ4v) is 1.75. The molecule has 0 aliphatic heterocycles. The SMILES string of the molecule is CCCC(F)C(F)(F)C(F)(F)C(F)(F)C(F)(F)C(F)(F)C(F)(F)C(F)(F)[C](F)F. The van der Waals surface area contributed by atoms with Gasteiger partial charge in [-0.25, -0.2) is 4.39 Å². The van der Waals surface area contributed by atoms with Crippen molar-refractivity contribution in [2.75, 3.05) is 0 Å². The topological polar surface area (TPSA) is 0 Å². The first kappa shape index (κ1) is 27.8. The van der Waals surface area contributed by atoms with Crippen molar-refractivity contribution in [3.05, 3.63) is 6.43 Å². The second-order valence-corrected chi connectivity index (χ2v) is 5.59. The minimum atomic E-state index is -8.50. The van der Waals surface area contributed by atoms with Crippen molar-refractivity contribution >= 4 is 0 Å². The van der Waals surface area contributed by atoms with E-state index in [0.717, 1.165) is 6.92 Å². The highest BCUT2D eigenvalue weighted by atomic mass is 19.4. The summed E-state index contributed by atoms with van der Waals surface area (Å²) in [6.07, 6.45) is -11.9. The van der Waals surface area contributed by atoms with E-state index in [1.165, 1.54) is 0 Å². The number of hydrogen-bond donors (Lipinski definition) is 0. The molecule has 0 nitrogen and oxygen atoms in total. The van der Waals surface area contributed by atoms with Gasteiger partial charge in [0, 0.05) is 0 Å². The molecule has 175 valence electrons. The van der Waals surface area contributed by atoms with Crippen LogP contribution in [0.3, 0.4) is 0 Å². The predicted molar refractivity (Wildman–Crippen MR) is 59.9 cm³/mol. The monoisotopic (exact) mass is 475 g/mol. The van der Waals surface area contributed by atoms with Gasteiger partial charge in [0.15, 0.2) is 6.17 Å². The lowest BCUT2D eigenvalue weighted by atomic mass is 9.87. The van der Waals surface area contributed by atoms with Crippen molar-refractivity contribution < 1.29 is 74.6 Å². The lowest BCUT2D eigenvalue weighted by Crippen LogP contribution is -2.74. The molecule has 0 amide bonds. The van der Waals surface area contributed by atoms with Crippen LogP contribution in [0, 0.1) is 6.43 Å². The van der Waals surface area contributed by atoms with Gasteiger partial charge in [-0.1, -0.05) is 13.3 Å². The molecule has 29 heavy (non-hydrogen) atoms. The van der Waals surface area contributed by atoms with Gasteiger partial charge in [0.25, 0.3) is 0 Å². The Morgan fingerprint density at radius 1 is 0.586 bits per heavy atom. The van der Waals surface area contributed by atoms with Crippen LogP contribution in [0.4, 0.5) is 74.6 Å². The molecule has 0 N–H and O–H groups in total. The molecule has 1 atom stereocenters. The van der Waals surface area contributed by atoms with Crippen molar-refractivity contribution in [3.63, 3.8) is 0 Å². The Morgan fingerprint density at radius 2 is 0.897 bits per heavy atom. The van der Waals surface area contributed by atoms with Gasteiger partial charge in [0.1, 0.15) is 0 Å². The van der Waals surface area contributed by atoms with E-state index in [1.807, 2.05) is 0 Å². The molecule has 0 aromatic rings. The van der Waals surface area contributed by atoms with Crippen LogP contribution in [0.1, 0.15) is 19.8 Å². The van der Waals surface area contributed by atoms with Crippen LogP contribution < -0.4 is 0 Å². The second kappa shape index (κ2) is 7.50. The van der Waals surface area contributed by atoms with Crippen molar-refractivity contribution in [1.82, 2.24) is 0 Å². The normalized spacial score (nSPS) is 17.1. The van der Waals surface area contributed by atoms with Gasteiger partial charge in [-0.05, 0) is 6.42 Å². The van der Waals surface area contributed by atoms with Crippen LogP contribution >= 0.6 is 0 Å². The molecule has 1 radical (unpaired) electrons. The van der Waals surface area contributed by atoms with Crippen molar-refractivity contribution in [3.8, 4) is 0 Å². The second-order valence-electron chi connectivity index (χ2n) is 5.59. The summed E-state index contributed by atoms with van der Waals surface area (Å²) in [5.41, 5.74) is 0. The molecule has 0 aliphatic rings. The van der Waals surface area contributed by atoms with Gasteiger partial charge in [-0.2, -0.15) is 70.2 Å². The summed E-state index contributed by atoms with van der Waals surface area (Å²) in [7, 11) is 0. The first-order valence-electron chi connectivity index (χ1n) is 6.90. The standard InChI is InChI=1S/C12H8F17/c1-2-3-4(13)6(16,17)8(20,21)10(24,25)12(28,29)11(26,27)9(22,23)7(18,19)5(14)15/h4H,2-3H2,1H3. The fourth-order valence-electron chi connectivity index (χ4n) is 1.75. The highest BCUT2D eigenvalue weighted by Gasteiger charge is 2.94. The van der Waals surface area contributed by atoms with Gasteiger partial charge < -0.3 is 0 Å². The highest BCUT2D eigenvalue weighted by Crippen LogP contribution is 2.63. The van der Waals surface area contributed by atoms with Crippen LogP contribution in [0.15, 0.2) is 0 Å². The van der Waals surface area contributed by atoms with Gasteiger partial charge in [-0.15, -0.1) is 0 Å². The number of hydrogen-bond acceptors (Lipinski definition) is 0. The Bertz CT molecular complexity index is 563. The highest BCUT2D eigenvalue weighted by molar-refractivity contribution is 5.16. The van der Waals surface area contributed by atoms with E-state index in [9.17, 15) is 74.6 Å². The third-order valence-corrected chi connectivity index (χ3v) is 3.56. The van der Waals surface area contributed by atoms with Crippen LogP contribution in [0.5, 0.6) is 0 Å². The average molecular weight is 475 g/mol. The Labute approximate surface area is 150 Å². The van der Waals surface area contributed by atoms with Gasteiger partial charge >= 0.3 is 47.9 Å². The first-order chi connectivity index (χ1) is 12.4. The molecule has 0 rings (SSSR count). The first-order valence-corrected chi connectivity index (χ1v) is 6.90. The average Bonchev–Trinajstić information content (AvgIpc) is 2.53. The zero-order valence-electron chi connectivity index (χ0n) is 13.4. The Hall–Kier alpha value is -1.19. The van der Waals surface area contributed by atoms with Crippen LogP contribution in [0.2, 0.25) is 0 Å². The number of rotatable bonds is 10. The lowest BCUT2D eigenvalue weighted by molar-refractivity contribution is -0.445. The summed E-state index contributed by atoms with van der Waals surface area (Å²) in [5, 5.41) is 0. The summed E-state index contributed by atoms with van der Waals surface area (Å²) in [5.74, 6) is -55.8. The molecule has 0 fully saturated rings. The minimum Gasteiger partial charge on any atom is -0.241 e. The molecule has 0 aromatic carbocycles. The number of halogens is 17. The van der Waals surface area contributed by atoms with Gasteiger partial charge in [0.05, 0.1) is 0 Å². The molecule has 0 saturated heterocycles. The molecular weight excluding hydrogens is 467 g/mol. The summed E-state index contributed by atoms with van der Waals surface area (Å²) in [6.45, 7) is 0.798. The molecule has 0 aromatic heterocycles. The van der Waals surface area contributed by atoms with Crippen molar-refractivity contribution in [1.29, 1.82) is 0 Å². The maximum absolute atomic E-state index is 13.3. The van der Waals surface area contributed by atoms with E-state index < -0.39 is 66.9 Å². The molecule has 0 bridgehead atoms. The van der Waals surface area contributed by atoms with E-state index >= 15 is 0 Å². The van der Waals surface area contributed by atoms with E-state index in [4.69, 9.17) is 0 Å². The molecule has 17 heteroatoms. The van der Waals surface area contributed by atoms with Crippen LogP contribution in [-0.2, 0) is 0 Å². The largest absolute Gasteiger partial charge is 0.385 e. The summed E-state index contributed by atoms with van der Waals surface area (Å²) < 4.78 is 220. The van der Waals surface area contributed by atoms with Crippen LogP contribution in [-0.4, -0.2) is 47.6 Å². The maximum atomic E-state index is 13.3. The van der Waals surface area contributed by atoms with E-state index in [0.29, 0.717) is 0 Å². The van der Waals surface area contributed by atoms with Gasteiger partial charge in [-0.3, -0.25) is 0 Å². The summed E-state index contributed by atoms with van der Waals surface area (Å²) in [6, 6.07) is 0. The number of alkyl halides is 15.